The number of hydrogen-bond donors (Lipinski definition) is 2. The molecule has 21 heavy (non-hydrogen) atoms. The number of aldehydes is 1. The van der Waals surface area contributed by atoms with Gasteiger partial charge >= 0.3 is 0 Å². The molecular formula is C18H35N2O+. The SMILES string of the molecule is CC.CCC[NH+](CC)CC=O.CNc1c(C)cccc1C. The Kier molecular flexibility index (Phi) is 15.7. The maximum absolute atomic E-state index is 10.0. The number of hydrogen-bond acceptors (Lipinski definition) is 2. The fourth-order valence-corrected chi connectivity index (χ4v) is 2.10. The molecule has 0 bridgehead atoms. The summed E-state index contributed by atoms with van der Waals surface area (Å²) in [6.07, 6.45) is 2.16. The smallest absolute Gasteiger partial charge is 0.174 e. The number of carbonyl (C=O) groups excluding carboxylic acids is 1. The van der Waals surface area contributed by atoms with Crippen LogP contribution in [0, 0.1) is 13.8 Å². The third-order valence-electron chi connectivity index (χ3n) is 3.21. The van der Waals surface area contributed by atoms with Gasteiger partial charge in [0.05, 0.1) is 13.1 Å². The van der Waals surface area contributed by atoms with Crippen molar-refractivity contribution in [2.45, 2.75) is 48.0 Å². The summed E-state index contributed by atoms with van der Waals surface area (Å²) < 4.78 is 0. The number of rotatable bonds is 6. The van der Waals surface area contributed by atoms with Crippen LogP contribution in [0.3, 0.4) is 0 Å². The minimum absolute atomic E-state index is 0.671. The van der Waals surface area contributed by atoms with Crippen LogP contribution in [-0.4, -0.2) is 33.0 Å². The fraction of sp³-hybridized carbons (Fsp3) is 0.611. The highest BCUT2D eigenvalue weighted by atomic mass is 16.1. The van der Waals surface area contributed by atoms with Crippen molar-refractivity contribution in [3.8, 4) is 0 Å². The summed E-state index contributed by atoms with van der Waals surface area (Å²) in [5.74, 6) is 0. The molecule has 0 aliphatic heterocycles. The van der Waals surface area contributed by atoms with E-state index in [-0.39, 0.29) is 0 Å². The van der Waals surface area contributed by atoms with E-state index in [0.29, 0.717) is 6.54 Å². The standard InChI is InChI=1S/C9H13N.C7H15NO.C2H6/c1-7-5-4-6-8(2)9(7)10-3;1-3-5-8(4-2)6-7-9;1-2/h4-6,10H,1-3H3;7H,3-6H2,1-2H3;1-2H3/p+1. The summed E-state index contributed by atoms with van der Waals surface area (Å²) in [4.78, 5) is 11.4. The Balaban J connectivity index is 0. The zero-order valence-corrected chi connectivity index (χ0v) is 15.0. The van der Waals surface area contributed by atoms with E-state index in [1.54, 1.807) is 0 Å². The highest BCUT2D eigenvalue weighted by molar-refractivity contribution is 5.55. The normalized spacial score (nSPS) is 10.4. The zero-order valence-electron chi connectivity index (χ0n) is 15.0. The monoisotopic (exact) mass is 295 g/mol. The molecule has 3 heteroatoms. The molecule has 1 unspecified atom stereocenters. The summed E-state index contributed by atoms with van der Waals surface area (Å²) >= 11 is 0. The van der Waals surface area contributed by atoms with E-state index in [4.69, 9.17) is 0 Å². The molecule has 2 N–H and O–H groups in total. The van der Waals surface area contributed by atoms with Crippen LogP contribution in [0.2, 0.25) is 0 Å². The maximum atomic E-state index is 10.0. The Bertz CT molecular complexity index is 344. The molecule has 3 nitrogen and oxygen atoms in total. The van der Waals surface area contributed by atoms with Crippen LogP contribution in [0.1, 0.15) is 45.2 Å². The number of carbonyl (C=O) groups is 1. The second kappa shape index (κ2) is 15.0. The summed E-state index contributed by atoms with van der Waals surface area (Å²) in [5.41, 5.74) is 3.87. The molecule has 0 saturated carbocycles. The van der Waals surface area contributed by atoms with Gasteiger partial charge in [0.1, 0.15) is 6.54 Å². The molecule has 0 heterocycles. The van der Waals surface area contributed by atoms with Crippen molar-refractivity contribution in [2.24, 2.45) is 0 Å². The van der Waals surface area contributed by atoms with Crippen molar-refractivity contribution < 1.29 is 9.69 Å². The van der Waals surface area contributed by atoms with Crippen LogP contribution in [0.4, 0.5) is 5.69 Å². The maximum Gasteiger partial charge on any atom is 0.174 e. The molecule has 0 aliphatic rings. The molecule has 1 rings (SSSR count). The van der Waals surface area contributed by atoms with Gasteiger partial charge in [-0.25, -0.2) is 0 Å². The number of para-hydroxylation sites is 1. The molecule has 0 saturated heterocycles. The summed E-state index contributed by atoms with van der Waals surface area (Å²) in [7, 11) is 1.95. The molecule has 0 spiro atoms. The number of anilines is 1. The van der Waals surface area contributed by atoms with Gasteiger partial charge in [0.2, 0.25) is 0 Å². The van der Waals surface area contributed by atoms with E-state index in [1.807, 2.05) is 20.9 Å². The largest absolute Gasteiger partial charge is 0.388 e. The second-order valence-corrected chi connectivity index (χ2v) is 4.74. The first-order chi connectivity index (χ1) is 10.1. The lowest BCUT2D eigenvalue weighted by molar-refractivity contribution is -0.889. The molecule has 0 aliphatic carbocycles. The van der Waals surface area contributed by atoms with Crippen LogP contribution < -0.4 is 10.2 Å². The lowest BCUT2D eigenvalue weighted by atomic mass is 10.1. The third-order valence-corrected chi connectivity index (χ3v) is 3.21. The lowest BCUT2D eigenvalue weighted by Crippen LogP contribution is -3.12. The van der Waals surface area contributed by atoms with Crippen LogP contribution in [0.15, 0.2) is 18.2 Å². The van der Waals surface area contributed by atoms with Crippen molar-refractivity contribution >= 4 is 12.0 Å². The highest BCUT2D eigenvalue weighted by Gasteiger charge is 2.00. The van der Waals surface area contributed by atoms with Gasteiger partial charge in [-0.15, -0.1) is 0 Å². The van der Waals surface area contributed by atoms with E-state index in [0.717, 1.165) is 25.8 Å². The van der Waals surface area contributed by atoms with Crippen molar-refractivity contribution in [2.75, 3.05) is 32.0 Å². The van der Waals surface area contributed by atoms with Crippen molar-refractivity contribution in [3.05, 3.63) is 29.3 Å². The average Bonchev–Trinajstić information content (AvgIpc) is 2.50. The summed E-state index contributed by atoms with van der Waals surface area (Å²) in [5, 5.41) is 3.16. The molecule has 1 aromatic carbocycles. The van der Waals surface area contributed by atoms with Gasteiger partial charge in [0.15, 0.2) is 6.29 Å². The van der Waals surface area contributed by atoms with Crippen molar-refractivity contribution in [1.82, 2.24) is 0 Å². The van der Waals surface area contributed by atoms with Crippen LogP contribution in [0.25, 0.3) is 0 Å². The molecule has 0 radical (unpaired) electrons. The zero-order chi connectivity index (χ0) is 16.7. The van der Waals surface area contributed by atoms with Gasteiger partial charge in [0, 0.05) is 12.7 Å². The number of nitrogens with one attached hydrogen (secondary N) is 2. The highest BCUT2D eigenvalue weighted by Crippen LogP contribution is 2.17. The van der Waals surface area contributed by atoms with E-state index in [2.05, 4.69) is 51.2 Å². The van der Waals surface area contributed by atoms with Gasteiger partial charge in [-0.2, -0.15) is 0 Å². The molecule has 1 aromatic rings. The molecule has 0 aromatic heterocycles. The Morgan fingerprint density at radius 1 is 1.14 bits per heavy atom. The first kappa shape index (κ1) is 21.9. The van der Waals surface area contributed by atoms with Crippen molar-refractivity contribution in [3.63, 3.8) is 0 Å². The van der Waals surface area contributed by atoms with Gasteiger partial charge in [-0.3, -0.25) is 4.79 Å². The van der Waals surface area contributed by atoms with Crippen LogP contribution >= 0.6 is 0 Å². The Hall–Kier alpha value is -1.35. The average molecular weight is 295 g/mol. The summed E-state index contributed by atoms with van der Waals surface area (Å²) in [6, 6.07) is 6.29. The van der Waals surface area contributed by atoms with E-state index >= 15 is 0 Å². The number of likely N-dealkylation sites (N-methyl/N-ethyl adjacent to an activating group) is 1. The first-order valence-electron chi connectivity index (χ1n) is 8.11. The molecule has 1 atom stereocenters. The predicted molar refractivity (Wildman–Crippen MR) is 94.4 cm³/mol. The van der Waals surface area contributed by atoms with Gasteiger partial charge < -0.3 is 10.2 Å². The quantitative estimate of drug-likeness (QED) is 0.791. The Morgan fingerprint density at radius 3 is 1.95 bits per heavy atom. The number of benzene rings is 1. The Labute approximate surface area is 131 Å². The molecule has 0 amide bonds. The van der Waals surface area contributed by atoms with Gasteiger partial charge in [-0.05, 0) is 38.3 Å². The fourth-order valence-electron chi connectivity index (χ4n) is 2.10. The minimum Gasteiger partial charge on any atom is -0.388 e. The third kappa shape index (κ3) is 10.1. The lowest BCUT2D eigenvalue weighted by Gasteiger charge is -2.12. The molecule has 122 valence electrons. The minimum atomic E-state index is 0.671. The first-order valence-corrected chi connectivity index (χ1v) is 8.11. The molecular weight excluding hydrogens is 260 g/mol. The van der Waals surface area contributed by atoms with Crippen LogP contribution in [-0.2, 0) is 4.79 Å². The summed E-state index contributed by atoms with van der Waals surface area (Å²) in [6.45, 7) is 15.3. The topological polar surface area (TPSA) is 33.5 Å². The predicted octanol–water partition coefficient (Wildman–Crippen LogP) is 2.87. The number of aryl methyl sites for hydroxylation is 2. The van der Waals surface area contributed by atoms with E-state index in [9.17, 15) is 4.79 Å². The van der Waals surface area contributed by atoms with Gasteiger partial charge in [0.25, 0.3) is 0 Å². The van der Waals surface area contributed by atoms with Gasteiger partial charge in [-0.1, -0.05) is 39.0 Å². The van der Waals surface area contributed by atoms with E-state index < -0.39 is 0 Å². The Morgan fingerprint density at radius 2 is 1.67 bits per heavy atom. The van der Waals surface area contributed by atoms with Crippen LogP contribution in [0.5, 0.6) is 0 Å². The van der Waals surface area contributed by atoms with E-state index in [1.165, 1.54) is 21.7 Å². The second-order valence-electron chi connectivity index (χ2n) is 4.74. The number of quaternary nitrogens is 1. The van der Waals surface area contributed by atoms with Crippen molar-refractivity contribution in [1.29, 1.82) is 0 Å². The molecule has 0 fully saturated rings.